The lowest BCUT2D eigenvalue weighted by Crippen LogP contribution is -2.23. The van der Waals surface area contributed by atoms with Crippen LogP contribution in [0.25, 0.3) is 11.4 Å². The smallest absolute Gasteiger partial charge is 0.271 e. The van der Waals surface area contributed by atoms with Crippen LogP contribution in [0.1, 0.15) is 6.92 Å². The summed E-state index contributed by atoms with van der Waals surface area (Å²) in [6, 6.07) is 13.5. The van der Waals surface area contributed by atoms with Crippen molar-refractivity contribution in [1.82, 2.24) is 14.8 Å². The normalized spacial score (nSPS) is 11.8. The summed E-state index contributed by atoms with van der Waals surface area (Å²) in [6.07, 6.45) is 0. The van der Waals surface area contributed by atoms with Crippen LogP contribution >= 0.6 is 23.4 Å². The number of nitrogens with zero attached hydrogens (tertiary/aromatic N) is 4. The first-order valence-electron chi connectivity index (χ1n) is 9.29. The summed E-state index contributed by atoms with van der Waals surface area (Å²) >= 11 is 7.30. The Labute approximate surface area is 187 Å². The van der Waals surface area contributed by atoms with Crippen molar-refractivity contribution in [2.45, 2.75) is 23.9 Å². The van der Waals surface area contributed by atoms with Gasteiger partial charge in [0.15, 0.2) is 11.0 Å². The van der Waals surface area contributed by atoms with Crippen molar-refractivity contribution < 1.29 is 14.5 Å². The molecular weight excluding hydrogens is 442 g/mol. The Kier molecular flexibility index (Phi) is 7.61. The molecule has 1 aromatic heterocycles. The zero-order valence-corrected chi connectivity index (χ0v) is 18.4. The van der Waals surface area contributed by atoms with Gasteiger partial charge in [-0.05, 0) is 13.0 Å². The van der Waals surface area contributed by atoms with Crippen molar-refractivity contribution in [1.29, 1.82) is 0 Å². The number of anilines is 1. The van der Waals surface area contributed by atoms with Crippen LogP contribution in [0.2, 0.25) is 5.02 Å². The standard InChI is InChI=1S/C20H20ClN5O4S/c1-13(19(27)22-17-12-15(26(28)29)8-9-16(17)21)31-20-24-23-18(25(20)10-11-30-2)14-6-4-3-5-7-14/h3-9,12-13H,10-11H2,1-2H3,(H,22,27). The van der Waals surface area contributed by atoms with Gasteiger partial charge in [0.1, 0.15) is 0 Å². The monoisotopic (exact) mass is 461 g/mol. The number of hydrogen-bond donors (Lipinski definition) is 1. The van der Waals surface area contributed by atoms with Crippen molar-refractivity contribution >= 4 is 40.6 Å². The molecule has 31 heavy (non-hydrogen) atoms. The first kappa shape index (κ1) is 22.7. The number of non-ortho nitro benzene ring substituents is 1. The van der Waals surface area contributed by atoms with Crippen LogP contribution in [-0.2, 0) is 16.1 Å². The molecule has 0 aliphatic carbocycles. The van der Waals surface area contributed by atoms with Crippen molar-refractivity contribution in [2.75, 3.05) is 19.0 Å². The predicted octanol–water partition coefficient (Wildman–Crippen LogP) is 4.27. The molecule has 0 bridgehead atoms. The number of aromatic nitrogens is 3. The fourth-order valence-corrected chi connectivity index (χ4v) is 3.77. The number of nitro benzene ring substituents is 1. The lowest BCUT2D eigenvalue weighted by Gasteiger charge is -2.14. The first-order chi connectivity index (χ1) is 14.9. The van der Waals surface area contributed by atoms with Gasteiger partial charge in [-0.3, -0.25) is 19.5 Å². The maximum absolute atomic E-state index is 12.7. The summed E-state index contributed by atoms with van der Waals surface area (Å²) in [5, 5.41) is 22.4. The minimum atomic E-state index is -0.565. The second-order valence-electron chi connectivity index (χ2n) is 6.49. The number of methoxy groups -OCH3 is 1. The Bertz CT molecular complexity index is 1080. The Morgan fingerprint density at radius 3 is 2.71 bits per heavy atom. The van der Waals surface area contributed by atoms with E-state index >= 15 is 0 Å². The molecule has 1 amide bonds. The fraction of sp³-hybridized carbons (Fsp3) is 0.250. The topological polar surface area (TPSA) is 112 Å². The van der Waals surface area contributed by atoms with E-state index in [-0.39, 0.29) is 22.3 Å². The van der Waals surface area contributed by atoms with Crippen molar-refractivity contribution in [3.63, 3.8) is 0 Å². The molecule has 1 heterocycles. The lowest BCUT2D eigenvalue weighted by atomic mass is 10.2. The number of carbonyl (C=O) groups is 1. The Morgan fingerprint density at radius 1 is 1.29 bits per heavy atom. The zero-order valence-electron chi connectivity index (χ0n) is 16.8. The molecule has 0 spiro atoms. The molecule has 3 rings (SSSR count). The molecule has 11 heteroatoms. The molecule has 0 aliphatic heterocycles. The highest BCUT2D eigenvalue weighted by Gasteiger charge is 2.22. The number of amides is 1. The van der Waals surface area contributed by atoms with E-state index in [0.29, 0.717) is 24.1 Å². The van der Waals surface area contributed by atoms with Gasteiger partial charge in [-0.25, -0.2) is 0 Å². The molecule has 0 fully saturated rings. The highest BCUT2D eigenvalue weighted by molar-refractivity contribution is 8.00. The summed E-state index contributed by atoms with van der Waals surface area (Å²) in [6.45, 7) is 2.68. The van der Waals surface area contributed by atoms with E-state index in [9.17, 15) is 14.9 Å². The highest BCUT2D eigenvalue weighted by atomic mass is 35.5. The second-order valence-corrected chi connectivity index (χ2v) is 8.20. The van der Waals surface area contributed by atoms with Gasteiger partial charge in [0.2, 0.25) is 5.91 Å². The highest BCUT2D eigenvalue weighted by Crippen LogP contribution is 2.30. The predicted molar refractivity (Wildman–Crippen MR) is 119 cm³/mol. The quantitative estimate of drug-likeness (QED) is 0.287. The van der Waals surface area contributed by atoms with Gasteiger partial charge in [-0.1, -0.05) is 53.7 Å². The number of thioether (sulfide) groups is 1. The maximum Gasteiger partial charge on any atom is 0.271 e. The molecule has 9 nitrogen and oxygen atoms in total. The molecule has 0 saturated carbocycles. The maximum atomic E-state index is 12.7. The fourth-order valence-electron chi connectivity index (χ4n) is 2.73. The van der Waals surface area contributed by atoms with E-state index in [1.807, 2.05) is 34.9 Å². The SMILES string of the molecule is COCCn1c(SC(C)C(=O)Nc2cc([N+](=O)[O-])ccc2Cl)nnc1-c1ccccc1. The number of carbonyl (C=O) groups excluding carboxylic acids is 1. The van der Waals surface area contributed by atoms with Crippen LogP contribution in [0, 0.1) is 10.1 Å². The van der Waals surface area contributed by atoms with E-state index in [4.69, 9.17) is 16.3 Å². The van der Waals surface area contributed by atoms with Crippen LogP contribution in [0.5, 0.6) is 0 Å². The number of halogens is 1. The molecule has 0 saturated heterocycles. The summed E-state index contributed by atoms with van der Waals surface area (Å²) in [5.41, 5.74) is 0.921. The van der Waals surface area contributed by atoms with Gasteiger partial charge < -0.3 is 10.1 Å². The zero-order chi connectivity index (χ0) is 22.4. The van der Waals surface area contributed by atoms with E-state index < -0.39 is 10.2 Å². The summed E-state index contributed by atoms with van der Waals surface area (Å²) in [4.78, 5) is 23.1. The molecule has 0 radical (unpaired) electrons. The first-order valence-corrected chi connectivity index (χ1v) is 10.6. The molecule has 1 N–H and O–H groups in total. The van der Waals surface area contributed by atoms with Crippen LogP contribution in [0.15, 0.2) is 53.7 Å². The van der Waals surface area contributed by atoms with Crippen LogP contribution in [0.3, 0.4) is 0 Å². The van der Waals surface area contributed by atoms with Gasteiger partial charge in [-0.2, -0.15) is 0 Å². The molecule has 0 aliphatic rings. The number of nitrogens with one attached hydrogen (secondary N) is 1. The van der Waals surface area contributed by atoms with Crippen molar-refractivity contribution in [3.05, 3.63) is 63.7 Å². The molecule has 162 valence electrons. The van der Waals surface area contributed by atoms with Gasteiger partial charge in [0, 0.05) is 24.8 Å². The third-order valence-electron chi connectivity index (χ3n) is 4.34. The summed E-state index contributed by atoms with van der Waals surface area (Å²) < 4.78 is 7.10. The van der Waals surface area contributed by atoms with E-state index in [1.54, 1.807) is 14.0 Å². The largest absolute Gasteiger partial charge is 0.383 e. The second kappa shape index (κ2) is 10.4. The Morgan fingerprint density at radius 2 is 2.03 bits per heavy atom. The molecule has 3 aromatic rings. The van der Waals surface area contributed by atoms with Crippen molar-refractivity contribution in [2.24, 2.45) is 0 Å². The number of nitro groups is 1. The van der Waals surface area contributed by atoms with Gasteiger partial charge >= 0.3 is 0 Å². The van der Waals surface area contributed by atoms with Crippen molar-refractivity contribution in [3.8, 4) is 11.4 Å². The third kappa shape index (κ3) is 5.60. The Balaban J connectivity index is 1.79. The average Bonchev–Trinajstić information content (AvgIpc) is 3.16. The average molecular weight is 462 g/mol. The third-order valence-corrected chi connectivity index (χ3v) is 5.75. The Hall–Kier alpha value is -2.95. The van der Waals surface area contributed by atoms with Gasteiger partial charge in [-0.15, -0.1) is 10.2 Å². The summed E-state index contributed by atoms with van der Waals surface area (Å²) in [7, 11) is 1.61. The minimum Gasteiger partial charge on any atom is -0.383 e. The molecule has 1 atom stereocenters. The van der Waals surface area contributed by atoms with Gasteiger partial charge in [0.25, 0.3) is 5.69 Å². The summed E-state index contributed by atoms with van der Waals surface area (Å²) in [5.74, 6) is 0.310. The van der Waals surface area contributed by atoms with E-state index in [2.05, 4.69) is 15.5 Å². The van der Waals surface area contributed by atoms with Crippen LogP contribution in [0.4, 0.5) is 11.4 Å². The van der Waals surface area contributed by atoms with E-state index in [1.165, 1.54) is 30.0 Å². The molecule has 1 unspecified atom stereocenters. The van der Waals surface area contributed by atoms with Gasteiger partial charge in [0.05, 0.1) is 34.0 Å². The number of hydrogen-bond acceptors (Lipinski definition) is 7. The van der Waals surface area contributed by atoms with Crippen LogP contribution in [-0.4, -0.2) is 44.6 Å². The number of rotatable bonds is 9. The minimum absolute atomic E-state index is 0.160. The number of ether oxygens (including phenoxy) is 1. The molecule has 2 aromatic carbocycles. The molecular formula is C20H20ClN5O4S. The van der Waals surface area contributed by atoms with Crippen LogP contribution < -0.4 is 5.32 Å². The van der Waals surface area contributed by atoms with E-state index in [0.717, 1.165) is 5.56 Å². The number of benzene rings is 2. The lowest BCUT2D eigenvalue weighted by molar-refractivity contribution is -0.384.